The van der Waals surface area contributed by atoms with E-state index in [-0.39, 0.29) is 11.3 Å². The Morgan fingerprint density at radius 2 is 1.90 bits per heavy atom. The van der Waals surface area contributed by atoms with Gasteiger partial charge in [-0.2, -0.15) is 4.31 Å². The number of nitrogens with one attached hydrogen (secondary N) is 1. The van der Waals surface area contributed by atoms with Crippen LogP contribution in [-0.4, -0.2) is 59.2 Å². The molecule has 1 saturated heterocycles. The highest BCUT2D eigenvalue weighted by Crippen LogP contribution is 2.33. The molecule has 1 aliphatic carbocycles. The molecule has 0 unspecified atom stereocenters. The number of nitrogens with zero attached hydrogens (tertiary/aromatic N) is 4. The van der Waals surface area contributed by atoms with Crippen molar-refractivity contribution in [1.82, 2.24) is 19.3 Å². The maximum absolute atomic E-state index is 12.5. The van der Waals surface area contributed by atoms with Crippen molar-refractivity contribution in [3.05, 3.63) is 42.9 Å². The van der Waals surface area contributed by atoms with Crippen molar-refractivity contribution >= 4 is 26.7 Å². The first-order valence-electron chi connectivity index (χ1n) is 10.1. The molecule has 2 fully saturated rings. The van der Waals surface area contributed by atoms with Gasteiger partial charge in [-0.15, -0.1) is 0 Å². The predicted molar refractivity (Wildman–Crippen MR) is 115 cm³/mol. The second-order valence-corrected chi connectivity index (χ2v) is 9.99. The van der Waals surface area contributed by atoms with Crippen LogP contribution in [0.5, 0.6) is 5.88 Å². The van der Waals surface area contributed by atoms with Gasteiger partial charge in [0.05, 0.1) is 17.9 Å². The third kappa shape index (κ3) is 3.59. The van der Waals surface area contributed by atoms with Crippen LogP contribution in [0.1, 0.15) is 19.3 Å². The molecule has 0 radical (unpaired) electrons. The Kier molecular flexibility index (Phi) is 4.79. The average molecular weight is 426 g/mol. The van der Waals surface area contributed by atoms with Crippen LogP contribution >= 0.6 is 0 Å². The minimum Gasteiger partial charge on any atom is -0.481 e. The van der Waals surface area contributed by atoms with E-state index in [1.54, 1.807) is 17.6 Å². The van der Waals surface area contributed by atoms with E-state index in [4.69, 9.17) is 4.74 Å². The molecule has 2 aliphatic rings. The number of fused-ring (bicyclic) bond motifs is 1. The van der Waals surface area contributed by atoms with Crippen molar-refractivity contribution in [1.29, 1.82) is 0 Å². The van der Waals surface area contributed by atoms with E-state index in [0.29, 0.717) is 19.0 Å². The zero-order chi connectivity index (χ0) is 20.7. The highest BCUT2D eigenvalue weighted by atomic mass is 32.2. The van der Waals surface area contributed by atoms with Crippen molar-refractivity contribution in [2.75, 3.05) is 25.5 Å². The fourth-order valence-electron chi connectivity index (χ4n) is 3.87. The molecular formula is C21H23N5O3S. The number of pyridine rings is 1. The second kappa shape index (κ2) is 7.48. The summed E-state index contributed by atoms with van der Waals surface area (Å²) in [6, 6.07) is 9.81. The summed E-state index contributed by atoms with van der Waals surface area (Å²) in [4.78, 5) is 13.1. The maximum atomic E-state index is 12.5. The van der Waals surface area contributed by atoms with Crippen LogP contribution in [0.2, 0.25) is 0 Å². The molecule has 0 spiro atoms. The van der Waals surface area contributed by atoms with Gasteiger partial charge in [0.15, 0.2) is 0 Å². The number of methoxy groups -OCH3 is 1. The summed E-state index contributed by atoms with van der Waals surface area (Å²) < 4.78 is 31.8. The van der Waals surface area contributed by atoms with Crippen LogP contribution in [0.25, 0.3) is 22.0 Å². The molecule has 0 bridgehead atoms. The van der Waals surface area contributed by atoms with Gasteiger partial charge in [-0.05, 0) is 43.0 Å². The summed E-state index contributed by atoms with van der Waals surface area (Å²) in [6.45, 7) is 1.04. The Labute approximate surface area is 175 Å². The summed E-state index contributed by atoms with van der Waals surface area (Å²) in [7, 11) is -1.55. The third-order valence-electron chi connectivity index (χ3n) is 5.71. The van der Waals surface area contributed by atoms with E-state index >= 15 is 0 Å². The smallest absolute Gasteiger partial charge is 0.217 e. The van der Waals surface area contributed by atoms with E-state index in [1.165, 1.54) is 6.33 Å². The lowest BCUT2D eigenvalue weighted by Crippen LogP contribution is -2.34. The van der Waals surface area contributed by atoms with E-state index in [9.17, 15) is 8.42 Å². The molecule has 9 heteroatoms. The Bertz CT molecular complexity index is 1180. The minimum atomic E-state index is -3.14. The summed E-state index contributed by atoms with van der Waals surface area (Å²) in [5.41, 5.74) is 2.80. The molecule has 156 valence electrons. The van der Waals surface area contributed by atoms with E-state index in [0.717, 1.165) is 47.1 Å². The number of ether oxygens (including phenoxy) is 1. The topological polar surface area (TPSA) is 97.3 Å². The first-order valence-corrected chi connectivity index (χ1v) is 11.6. The van der Waals surface area contributed by atoms with Crippen molar-refractivity contribution in [3.63, 3.8) is 0 Å². The summed E-state index contributed by atoms with van der Waals surface area (Å²) in [5, 5.41) is 4.18. The number of aromatic nitrogens is 3. The number of hydrogen-bond donors (Lipinski definition) is 1. The number of anilines is 1. The average Bonchev–Trinajstić information content (AvgIpc) is 3.53. The molecule has 1 aromatic carbocycles. The SMILES string of the molecule is COc1ccc(-c2ccc3ncnc(N[C@H]4CCN(S(=O)(=O)C5CC5)C4)c3c2)cn1. The number of sulfonamides is 1. The van der Waals surface area contributed by atoms with E-state index < -0.39 is 10.0 Å². The third-order valence-corrected chi connectivity index (χ3v) is 8.08. The first-order chi connectivity index (χ1) is 14.5. The molecule has 1 N–H and O–H groups in total. The van der Waals surface area contributed by atoms with Crippen LogP contribution in [0.15, 0.2) is 42.9 Å². The Morgan fingerprint density at radius 1 is 1.07 bits per heavy atom. The number of benzene rings is 1. The monoisotopic (exact) mass is 425 g/mol. The van der Waals surface area contributed by atoms with Crippen molar-refractivity contribution in [3.8, 4) is 17.0 Å². The largest absolute Gasteiger partial charge is 0.481 e. The highest BCUT2D eigenvalue weighted by molar-refractivity contribution is 7.90. The summed E-state index contributed by atoms with van der Waals surface area (Å²) in [5.74, 6) is 1.29. The van der Waals surface area contributed by atoms with Crippen molar-refractivity contribution in [2.45, 2.75) is 30.6 Å². The Hall–Kier alpha value is -2.78. The summed E-state index contributed by atoms with van der Waals surface area (Å²) in [6.07, 6.45) is 5.65. The first kappa shape index (κ1) is 19.2. The lowest BCUT2D eigenvalue weighted by atomic mass is 10.0. The molecule has 3 heterocycles. The fraction of sp³-hybridized carbons (Fsp3) is 0.381. The summed E-state index contributed by atoms with van der Waals surface area (Å²) >= 11 is 0. The standard InChI is InChI=1S/C21H23N5O3S/c1-29-20-7-3-15(11-22-20)14-2-6-19-18(10-14)21(24-13-23-19)25-16-8-9-26(12-16)30(27,28)17-4-5-17/h2-3,6-7,10-11,13,16-17H,4-5,8-9,12H2,1H3,(H,23,24,25)/t16-/m0/s1. The number of hydrogen-bond acceptors (Lipinski definition) is 7. The molecule has 1 atom stereocenters. The van der Waals surface area contributed by atoms with Crippen LogP contribution in [-0.2, 0) is 10.0 Å². The Morgan fingerprint density at radius 3 is 2.63 bits per heavy atom. The quantitative estimate of drug-likeness (QED) is 0.648. The van der Waals surface area contributed by atoms with E-state index in [2.05, 4.69) is 20.3 Å². The minimum absolute atomic E-state index is 0.0305. The lowest BCUT2D eigenvalue weighted by Gasteiger charge is -2.17. The zero-order valence-electron chi connectivity index (χ0n) is 16.7. The van der Waals surface area contributed by atoms with Gasteiger partial charge < -0.3 is 10.1 Å². The van der Waals surface area contributed by atoms with E-state index in [1.807, 2.05) is 30.3 Å². The van der Waals surface area contributed by atoms with Crippen LogP contribution in [0, 0.1) is 0 Å². The predicted octanol–water partition coefficient (Wildman–Crippen LogP) is 2.68. The molecular weight excluding hydrogens is 402 g/mol. The van der Waals surface area contributed by atoms with Gasteiger partial charge in [0.1, 0.15) is 12.1 Å². The normalized spacial score (nSPS) is 19.8. The van der Waals surface area contributed by atoms with Gasteiger partial charge in [0.2, 0.25) is 15.9 Å². The van der Waals surface area contributed by atoms with Crippen LogP contribution < -0.4 is 10.1 Å². The molecule has 1 saturated carbocycles. The molecule has 5 rings (SSSR count). The molecule has 2 aromatic heterocycles. The van der Waals surface area contributed by atoms with Crippen LogP contribution in [0.3, 0.4) is 0 Å². The van der Waals surface area contributed by atoms with Crippen molar-refractivity contribution < 1.29 is 13.2 Å². The molecule has 30 heavy (non-hydrogen) atoms. The van der Waals surface area contributed by atoms with Gasteiger partial charge in [0, 0.05) is 42.3 Å². The zero-order valence-corrected chi connectivity index (χ0v) is 17.5. The Balaban J connectivity index is 1.40. The van der Waals surface area contributed by atoms with Gasteiger partial charge in [-0.25, -0.2) is 23.4 Å². The molecule has 0 amide bonds. The second-order valence-electron chi connectivity index (χ2n) is 7.78. The fourth-order valence-corrected chi connectivity index (χ4v) is 5.77. The van der Waals surface area contributed by atoms with Gasteiger partial charge in [-0.3, -0.25) is 0 Å². The molecule has 8 nitrogen and oxygen atoms in total. The lowest BCUT2D eigenvalue weighted by molar-refractivity contribution is 0.398. The number of rotatable bonds is 6. The molecule has 1 aliphatic heterocycles. The van der Waals surface area contributed by atoms with Crippen molar-refractivity contribution in [2.24, 2.45) is 0 Å². The van der Waals surface area contributed by atoms with Gasteiger partial charge in [0.25, 0.3) is 0 Å². The van der Waals surface area contributed by atoms with Crippen LogP contribution in [0.4, 0.5) is 5.82 Å². The maximum Gasteiger partial charge on any atom is 0.217 e. The van der Waals surface area contributed by atoms with Gasteiger partial charge >= 0.3 is 0 Å². The highest BCUT2D eigenvalue weighted by Gasteiger charge is 2.42. The van der Waals surface area contributed by atoms with Gasteiger partial charge in [-0.1, -0.05) is 6.07 Å². The molecule has 3 aromatic rings.